The molecule has 2 heterocycles. The average Bonchev–Trinajstić information content (AvgIpc) is 3.09. The number of carbonyl (C=O) groups excluding carboxylic acids is 4. The molecular formula is C15H15N3O6. The van der Waals surface area contributed by atoms with Crippen LogP contribution in [0.4, 0.5) is 10.5 Å². The number of amides is 5. The van der Waals surface area contributed by atoms with E-state index in [1.54, 1.807) is 25.1 Å². The summed E-state index contributed by atoms with van der Waals surface area (Å²) in [4.78, 5) is 49.2. The predicted molar refractivity (Wildman–Crippen MR) is 80.3 cm³/mol. The first-order valence-corrected chi connectivity index (χ1v) is 7.38. The Kier molecular flexibility index (Phi) is 4.07. The van der Waals surface area contributed by atoms with Crippen LogP contribution >= 0.6 is 0 Å². The van der Waals surface area contributed by atoms with Crippen LogP contribution in [0.3, 0.4) is 0 Å². The molecule has 0 aromatic heterocycles. The monoisotopic (exact) mass is 333 g/mol. The number of rotatable bonds is 5. The molecule has 1 aromatic carbocycles. The van der Waals surface area contributed by atoms with E-state index in [0.29, 0.717) is 28.5 Å². The molecule has 9 nitrogen and oxygen atoms in total. The smallest absolute Gasteiger partial charge is 0.334 e. The molecule has 0 saturated carbocycles. The lowest BCUT2D eigenvalue weighted by molar-refractivity contribution is -0.143. The highest BCUT2D eigenvalue weighted by Gasteiger charge is 2.44. The van der Waals surface area contributed by atoms with Crippen LogP contribution in [0.25, 0.3) is 0 Å². The second-order valence-electron chi connectivity index (χ2n) is 5.25. The van der Waals surface area contributed by atoms with Crippen molar-refractivity contribution in [2.75, 3.05) is 25.2 Å². The van der Waals surface area contributed by atoms with Crippen molar-refractivity contribution in [3.05, 3.63) is 18.2 Å². The molecular weight excluding hydrogens is 318 g/mol. The van der Waals surface area contributed by atoms with Gasteiger partial charge in [0, 0.05) is 18.3 Å². The fourth-order valence-electron chi connectivity index (χ4n) is 2.43. The van der Waals surface area contributed by atoms with E-state index in [1.165, 1.54) is 0 Å². The number of imide groups is 2. The molecule has 1 fully saturated rings. The van der Waals surface area contributed by atoms with Gasteiger partial charge in [-0.05, 0) is 18.6 Å². The van der Waals surface area contributed by atoms with E-state index in [1.807, 2.05) is 0 Å². The third-order valence-corrected chi connectivity index (χ3v) is 3.54. The lowest BCUT2D eigenvalue weighted by Gasteiger charge is -2.14. The van der Waals surface area contributed by atoms with Crippen molar-refractivity contribution in [2.45, 2.75) is 13.3 Å². The summed E-state index contributed by atoms with van der Waals surface area (Å²) in [5.41, 5.74) is 0.431. The van der Waals surface area contributed by atoms with Gasteiger partial charge in [0.2, 0.25) is 12.7 Å². The van der Waals surface area contributed by atoms with E-state index in [2.05, 4.69) is 5.32 Å². The van der Waals surface area contributed by atoms with Gasteiger partial charge in [-0.1, -0.05) is 6.92 Å². The van der Waals surface area contributed by atoms with Gasteiger partial charge in [0.15, 0.2) is 11.5 Å². The number of fused-ring (bicyclic) bond motifs is 1. The molecule has 5 amide bonds. The molecule has 0 spiro atoms. The third kappa shape index (κ3) is 2.75. The third-order valence-electron chi connectivity index (χ3n) is 3.54. The summed E-state index contributed by atoms with van der Waals surface area (Å²) in [6.07, 6.45) is 0.530. The molecule has 0 atom stereocenters. The quantitative estimate of drug-likeness (QED) is 0.623. The largest absolute Gasteiger partial charge is 0.454 e. The summed E-state index contributed by atoms with van der Waals surface area (Å²) < 4.78 is 10.4. The number of carbonyl (C=O) groups is 4. The van der Waals surface area contributed by atoms with Crippen LogP contribution in [-0.2, 0) is 14.4 Å². The molecule has 9 heteroatoms. The van der Waals surface area contributed by atoms with E-state index >= 15 is 0 Å². The molecule has 1 saturated heterocycles. The van der Waals surface area contributed by atoms with Crippen LogP contribution in [0, 0.1) is 0 Å². The summed E-state index contributed by atoms with van der Waals surface area (Å²) in [5.74, 6) is -1.43. The second-order valence-corrected chi connectivity index (χ2v) is 5.25. The number of hydrogen-bond donors (Lipinski definition) is 1. The Balaban J connectivity index is 1.65. The zero-order valence-corrected chi connectivity index (χ0v) is 12.9. The molecule has 1 N–H and O–H groups in total. The zero-order valence-electron chi connectivity index (χ0n) is 12.9. The van der Waals surface area contributed by atoms with Crippen LogP contribution in [0.1, 0.15) is 13.3 Å². The molecule has 0 unspecified atom stereocenters. The van der Waals surface area contributed by atoms with Crippen molar-refractivity contribution in [3.63, 3.8) is 0 Å². The van der Waals surface area contributed by atoms with E-state index in [-0.39, 0.29) is 13.3 Å². The number of nitrogens with one attached hydrogen (secondary N) is 1. The summed E-state index contributed by atoms with van der Waals surface area (Å²) >= 11 is 0. The maximum Gasteiger partial charge on any atom is 0.334 e. The predicted octanol–water partition coefficient (Wildman–Crippen LogP) is 0.555. The maximum atomic E-state index is 12.1. The fraction of sp³-hybridized carbons (Fsp3) is 0.333. The summed E-state index contributed by atoms with van der Waals surface area (Å²) in [7, 11) is 0. The number of nitrogens with zero attached hydrogens (tertiary/aromatic N) is 2. The number of hydrogen-bond acceptors (Lipinski definition) is 6. The van der Waals surface area contributed by atoms with E-state index in [9.17, 15) is 19.2 Å². The van der Waals surface area contributed by atoms with Gasteiger partial charge in [-0.2, -0.15) is 0 Å². The first-order valence-electron chi connectivity index (χ1n) is 7.38. The molecule has 2 aliphatic heterocycles. The highest BCUT2D eigenvalue weighted by atomic mass is 16.7. The molecule has 24 heavy (non-hydrogen) atoms. The van der Waals surface area contributed by atoms with Gasteiger partial charge in [0.05, 0.1) is 0 Å². The topological polar surface area (TPSA) is 105 Å². The molecule has 126 valence electrons. The van der Waals surface area contributed by atoms with Crippen molar-refractivity contribution in [1.82, 2.24) is 9.80 Å². The second kappa shape index (κ2) is 6.19. The number of ether oxygens (including phenoxy) is 2. The van der Waals surface area contributed by atoms with Crippen LogP contribution in [0.2, 0.25) is 0 Å². The Morgan fingerprint density at radius 1 is 1.12 bits per heavy atom. The Morgan fingerprint density at radius 2 is 1.83 bits per heavy atom. The molecule has 1 aromatic rings. The van der Waals surface area contributed by atoms with E-state index in [4.69, 9.17) is 9.47 Å². The zero-order chi connectivity index (χ0) is 17.3. The lowest BCUT2D eigenvalue weighted by atomic mass is 10.2. The Bertz CT molecular complexity index is 732. The van der Waals surface area contributed by atoms with Gasteiger partial charge in [0.1, 0.15) is 6.54 Å². The van der Waals surface area contributed by atoms with Crippen molar-refractivity contribution in [1.29, 1.82) is 0 Å². The van der Waals surface area contributed by atoms with Crippen LogP contribution in [0.15, 0.2) is 18.2 Å². The van der Waals surface area contributed by atoms with Crippen molar-refractivity contribution in [2.24, 2.45) is 0 Å². The highest BCUT2D eigenvalue weighted by Crippen LogP contribution is 2.34. The lowest BCUT2D eigenvalue weighted by Crippen LogP contribution is -2.39. The minimum Gasteiger partial charge on any atom is -0.454 e. The minimum absolute atomic E-state index is 0.110. The van der Waals surface area contributed by atoms with E-state index < -0.39 is 30.3 Å². The molecule has 0 aliphatic carbocycles. The number of anilines is 1. The first kappa shape index (κ1) is 15.8. The van der Waals surface area contributed by atoms with Gasteiger partial charge < -0.3 is 14.8 Å². The Labute approximate surface area is 137 Å². The van der Waals surface area contributed by atoms with E-state index in [0.717, 1.165) is 4.90 Å². The summed E-state index contributed by atoms with van der Waals surface area (Å²) in [6.45, 7) is 1.50. The summed E-state index contributed by atoms with van der Waals surface area (Å²) in [5, 5.41) is 2.55. The standard InChI is InChI=1S/C15H15N3O6/c1-2-5-17-13(20)14(21)18(15(17)22)7-12(19)16-9-3-4-10-11(6-9)24-8-23-10/h3-4,6H,2,5,7-8H2,1H3,(H,16,19). The molecule has 3 rings (SSSR count). The number of benzene rings is 1. The SMILES string of the molecule is CCCN1C(=O)C(=O)N(CC(=O)Nc2ccc3c(c2)OCO3)C1=O. The van der Waals surface area contributed by atoms with Crippen LogP contribution in [0.5, 0.6) is 11.5 Å². The van der Waals surface area contributed by atoms with Gasteiger partial charge in [-0.3, -0.25) is 19.3 Å². The maximum absolute atomic E-state index is 12.1. The van der Waals surface area contributed by atoms with Crippen molar-refractivity contribution < 1.29 is 28.7 Å². The highest BCUT2D eigenvalue weighted by molar-refractivity contribution is 6.45. The molecule has 0 bridgehead atoms. The Hall–Kier alpha value is -3.10. The van der Waals surface area contributed by atoms with Gasteiger partial charge in [-0.25, -0.2) is 9.69 Å². The first-order chi connectivity index (χ1) is 11.5. The summed E-state index contributed by atoms with van der Waals surface area (Å²) in [6, 6.07) is 4.04. The molecule has 0 radical (unpaired) electrons. The normalized spacial score (nSPS) is 16.1. The molecule has 2 aliphatic rings. The van der Waals surface area contributed by atoms with Gasteiger partial charge in [-0.15, -0.1) is 0 Å². The van der Waals surface area contributed by atoms with Gasteiger partial charge in [0.25, 0.3) is 0 Å². The van der Waals surface area contributed by atoms with Crippen LogP contribution < -0.4 is 14.8 Å². The Morgan fingerprint density at radius 3 is 2.58 bits per heavy atom. The van der Waals surface area contributed by atoms with Gasteiger partial charge >= 0.3 is 17.8 Å². The fourth-order valence-corrected chi connectivity index (χ4v) is 2.43. The minimum atomic E-state index is -0.991. The number of urea groups is 1. The van der Waals surface area contributed by atoms with Crippen LogP contribution in [-0.4, -0.2) is 53.4 Å². The average molecular weight is 333 g/mol. The van der Waals surface area contributed by atoms with Crippen molar-refractivity contribution >= 4 is 29.4 Å². The van der Waals surface area contributed by atoms with Crippen molar-refractivity contribution in [3.8, 4) is 11.5 Å².